The van der Waals surface area contributed by atoms with Crippen LogP contribution in [0.2, 0.25) is 0 Å². The molecule has 2 aliphatic rings. The topological polar surface area (TPSA) is 112 Å². The Morgan fingerprint density at radius 2 is 1.88 bits per heavy atom. The minimum absolute atomic E-state index is 0.0112. The van der Waals surface area contributed by atoms with E-state index in [1.54, 1.807) is 18.2 Å². The maximum atomic E-state index is 13.5. The molecule has 5 rings (SSSR count). The van der Waals surface area contributed by atoms with Gasteiger partial charge in [-0.3, -0.25) is 4.79 Å². The van der Waals surface area contributed by atoms with Crippen LogP contribution in [-0.4, -0.2) is 73.8 Å². The number of carbonyl (C=O) groups excluding carboxylic acids is 1. The highest BCUT2D eigenvalue weighted by molar-refractivity contribution is 5.91. The quantitative estimate of drug-likeness (QED) is 0.624. The number of nitrogens with two attached hydrogens (primary N) is 1. The summed E-state index contributed by atoms with van der Waals surface area (Å²) in [7, 11) is 2.60. The summed E-state index contributed by atoms with van der Waals surface area (Å²) >= 11 is 0. The molecule has 3 heterocycles. The average Bonchev–Trinajstić information content (AvgIpc) is 2.88. The zero-order valence-electron chi connectivity index (χ0n) is 24.8. The number of hydrogen-bond donors (Lipinski definition) is 1. The van der Waals surface area contributed by atoms with Gasteiger partial charge >= 0.3 is 0 Å². The molecule has 1 amide bonds. The lowest BCUT2D eigenvalue weighted by Gasteiger charge is -2.37. The van der Waals surface area contributed by atoms with E-state index >= 15 is 0 Å². The summed E-state index contributed by atoms with van der Waals surface area (Å²) < 4.78 is 81.5. The summed E-state index contributed by atoms with van der Waals surface area (Å²) in [6.45, 7) is -7.15. The van der Waals surface area contributed by atoms with Crippen molar-refractivity contribution in [3.05, 3.63) is 36.4 Å². The van der Waals surface area contributed by atoms with E-state index in [-0.39, 0.29) is 52.0 Å². The standard InChI is InChI=1S/C23H25N5O5/c1-30-18-11-14-15(12-19(18)31-2)25-23(26-21(14)24)28-9-7-27(8-10-28)22(29)20-13-32-16-5-3-4-6-17(16)33-20/h3-6,11-12,20H,7-10,13H2,1-2H3,(H2,24,25,26)/i7D2,8D2,11D,12D,20D. The summed E-state index contributed by atoms with van der Waals surface area (Å²) in [5.41, 5.74) is 6.05. The third kappa shape index (κ3) is 3.88. The molecule has 1 fully saturated rings. The fourth-order valence-electron chi connectivity index (χ4n) is 3.34. The molecular weight excluding hydrogens is 426 g/mol. The Kier molecular flexibility index (Phi) is 3.68. The average molecular weight is 459 g/mol. The Balaban J connectivity index is 1.51. The van der Waals surface area contributed by atoms with Gasteiger partial charge in [0.1, 0.15) is 12.4 Å². The van der Waals surface area contributed by atoms with Crippen molar-refractivity contribution in [2.45, 2.75) is 6.08 Å². The van der Waals surface area contributed by atoms with Crippen LogP contribution in [0.3, 0.4) is 0 Å². The van der Waals surface area contributed by atoms with Crippen molar-refractivity contribution in [3.8, 4) is 23.0 Å². The number of methoxy groups -OCH3 is 2. The van der Waals surface area contributed by atoms with Crippen LogP contribution in [0.4, 0.5) is 11.8 Å². The maximum absolute atomic E-state index is 13.5. The largest absolute Gasteiger partial charge is 0.493 e. The van der Waals surface area contributed by atoms with E-state index in [0.29, 0.717) is 10.6 Å². The Morgan fingerprint density at radius 3 is 2.61 bits per heavy atom. The fourth-order valence-corrected chi connectivity index (χ4v) is 3.34. The first-order chi connectivity index (χ1) is 18.7. The third-order valence-corrected chi connectivity index (χ3v) is 5.02. The molecule has 10 nitrogen and oxygen atoms in total. The minimum Gasteiger partial charge on any atom is -0.493 e. The van der Waals surface area contributed by atoms with Crippen molar-refractivity contribution in [2.75, 3.05) is 57.5 Å². The molecule has 0 saturated carbocycles. The number of hydrogen-bond acceptors (Lipinski definition) is 9. The number of fused-ring (bicyclic) bond motifs is 2. The van der Waals surface area contributed by atoms with Crippen LogP contribution < -0.4 is 29.6 Å². The van der Waals surface area contributed by atoms with E-state index in [4.69, 9.17) is 34.3 Å². The van der Waals surface area contributed by atoms with Crippen LogP contribution in [0, 0.1) is 0 Å². The maximum Gasteiger partial charge on any atom is 0.267 e. The summed E-state index contributed by atoms with van der Waals surface area (Å²) in [5, 5.41) is 0.0112. The van der Waals surface area contributed by atoms with Crippen LogP contribution in [-0.2, 0) is 4.79 Å². The lowest BCUT2D eigenvalue weighted by atomic mass is 10.2. The van der Waals surface area contributed by atoms with Gasteiger partial charge < -0.3 is 34.5 Å². The number of rotatable bonds is 4. The van der Waals surface area contributed by atoms with Crippen LogP contribution in [0.25, 0.3) is 10.9 Å². The molecule has 10 heteroatoms. The highest BCUT2D eigenvalue weighted by Crippen LogP contribution is 2.34. The van der Waals surface area contributed by atoms with E-state index < -0.39 is 44.7 Å². The number of carbonyl (C=O) groups is 1. The van der Waals surface area contributed by atoms with Crippen molar-refractivity contribution >= 4 is 28.6 Å². The Labute approximate surface area is 200 Å². The molecule has 0 bridgehead atoms. The van der Waals surface area contributed by atoms with Gasteiger partial charge in [0.25, 0.3) is 5.91 Å². The Bertz CT molecular complexity index is 1510. The predicted molar refractivity (Wildman–Crippen MR) is 122 cm³/mol. The molecule has 1 aromatic heterocycles. The monoisotopic (exact) mass is 458 g/mol. The normalized spacial score (nSPS) is 26.1. The van der Waals surface area contributed by atoms with Gasteiger partial charge in [-0.2, -0.15) is 4.98 Å². The second kappa shape index (κ2) is 8.53. The first-order valence-electron chi connectivity index (χ1n) is 13.4. The highest BCUT2D eigenvalue weighted by atomic mass is 16.6. The number of para-hydroxylation sites is 2. The van der Waals surface area contributed by atoms with E-state index in [2.05, 4.69) is 9.97 Å². The Hall–Kier alpha value is -3.95. The number of benzene rings is 2. The minimum atomic E-state index is -2.68. The number of anilines is 2. The van der Waals surface area contributed by atoms with Crippen molar-refractivity contribution in [3.63, 3.8) is 0 Å². The second-order valence-corrected chi connectivity index (χ2v) is 7.02. The molecule has 3 aromatic rings. The van der Waals surface area contributed by atoms with E-state index in [0.717, 1.165) is 4.90 Å². The van der Waals surface area contributed by atoms with Crippen LogP contribution >= 0.6 is 0 Å². The van der Waals surface area contributed by atoms with Crippen LogP contribution in [0.5, 0.6) is 23.0 Å². The van der Waals surface area contributed by atoms with Gasteiger partial charge in [-0.15, -0.1) is 0 Å². The van der Waals surface area contributed by atoms with Gasteiger partial charge in [0.15, 0.2) is 23.0 Å². The summed E-state index contributed by atoms with van der Waals surface area (Å²) in [4.78, 5) is 23.5. The molecular formula is C23H25N5O5. The van der Waals surface area contributed by atoms with Crippen molar-refractivity contribution < 1.29 is 33.3 Å². The molecule has 0 radical (unpaired) electrons. The number of amides is 1. The molecule has 172 valence electrons. The number of ether oxygens (including phenoxy) is 4. The molecule has 0 spiro atoms. The lowest BCUT2D eigenvalue weighted by molar-refractivity contribution is -0.141. The summed E-state index contributed by atoms with van der Waals surface area (Å²) in [6, 6.07) is 5.90. The van der Waals surface area contributed by atoms with Crippen molar-refractivity contribution in [1.82, 2.24) is 14.9 Å². The number of nitrogen functional groups attached to an aromatic ring is 1. The van der Waals surface area contributed by atoms with Crippen LogP contribution in [0.1, 0.15) is 9.60 Å². The van der Waals surface area contributed by atoms with Crippen molar-refractivity contribution in [2.24, 2.45) is 0 Å². The summed E-state index contributed by atoms with van der Waals surface area (Å²) in [6.07, 6.45) is -2.44. The molecule has 1 saturated heterocycles. The van der Waals surface area contributed by atoms with Gasteiger partial charge in [0.2, 0.25) is 12.0 Å². The number of nitrogens with zero attached hydrogens (tertiary/aromatic N) is 4. The SMILES string of the molecule is [2H]c1c(OC)c(OC)c([2H])c2c(N)nc(N3CC([2H])([2H])N(C(=O)C4([2H])COc5ccccc5O4)C([2H])([2H])C3)nc12. The highest BCUT2D eigenvalue weighted by Gasteiger charge is 2.33. The molecule has 0 aliphatic carbocycles. The first kappa shape index (κ1) is 14.2. The molecule has 2 N–H and O–H groups in total. The number of aromatic nitrogens is 2. The first-order valence-corrected chi connectivity index (χ1v) is 9.93. The molecule has 1 unspecified atom stereocenters. The smallest absolute Gasteiger partial charge is 0.267 e. The summed E-state index contributed by atoms with van der Waals surface area (Å²) in [5.74, 6) is -1.40. The molecule has 1 atom stereocenters. The molecule has 2 aromatic carbocycles. The molecule has 2 aliphatic heterocycles. The van der Waals surface area contributed by atoms with E-state index in [1.165, 1.54) is 20.3 Å². The van der Waals surface area contributed by atoms with Gasteiger partial charge in [0.05, 0.1) is 29.3 Å². The van der Waals surface area contributed by atoms with Crippen molar-refractivity contribution in [1.29, 1.82) is 0 Å². The van der Waals surface area contributed by atoms with Gasteiger partial charge in [-0.1, -0.05) is 12.1 Å². The van der Waals surface area contributed by atoms with Gasteiger partial charge in [0, 0.05) is 37.5 Å². The lowest BCUT2D eigenvalue weighted by Crippen LogP contribution is -2.54. The predicted octanol–water partition coefficient (Wildman–Crippen LogP) is 1.72. The zero-order valence-corrected chi connectivity index (χ0v) is 17.8. The number of piperazine rings is 1. The zero-order chi connectivity index (χ0) is 29.2. The fraction of sp³-hybridized carbons (Fsp3) is 0.348. The van der Waals surface area contributed by atoms with E-state index in [9.17, 15) is 4.79 Å². The van der Waals surface area contributed by atoms with Gasteiger partial charge in [-0.25, -0.2) is 4.98 Å². The third-order valence-electron chi connectivity index (χ3n) is 5.02. The van der Waals surface area contributed by atoms with Gasteiger partial charge in [-0.05, 0) is 18.2 Å². The second-order valence-electron chi connectivity index (χ2n) is 7.02. The van der Waals surface area contributed by atoms with Crippen LogP contribution in [0.15, 0.2) is 36.4 Å². The Morgan fingerprint density at radius 1 is 1.18 bits per heavy atom. The van der Waals surface area contributed by atoms with E-state index in [1.807, 2.05) is 0 Å². The molecule has 33 heavy (non-hydrogen) atoms.